The van der Waals surface area contributed by atoms with Crippen molar-refractivity contribution in [3.63, 3.8) is 0 Å². The molecule has 9 heteroatoms. The second-order valence-corrected chi connectivity index (χ2v) is 7.81. The second-order valence-electron chi connectivity index (χ2n) is 5.79. The molecule has 0 aliphatic carbocycles. The summed E-state index contributed by atoms with van der Waals surface area (Å²) in [5.41, 5.74) is 5.24. The molecule has 0 heterocycles. The lowest BCUT2D eigenvalue weighted by molar-refractivity contribution is -0.118. The Bertz CT molecular complexity index is 411. The van der Waals surface area contributed by atoms with Crippen LogP contribution in [0.3, 0.4) is 0 Å². The predicted octanol–water partition coefficient (Wildman–Crippen LogP) is 2.22. The van der Waals surface area contributed by atoms with Gasteiger partial charge in [-0.05, 0) is 33.6 Å². The number of nitrogens with two attached hydrogens (primary N) is 1. The largest absolute Gasteiger partial charge is 0.449 e. The maximum absolute atomic E-state index is 12.8. The minimum atomic E-state index is -3.99. The molecule has 2 amide bonds. The van der Waals surface area contributed by atoms with E-state index in [1.165, 1.54) is 0 Å². The zero-order chi connectivity index (χ0) is 17.5. The molecular formula is C13H27N2O6P. The van der Waals surface area contributed by atoms with Crippen LogP contribution in [0, 0.1) is 5.92 Å². The van der Waals surface area contributed by atoms with Gasteiger partial charge in [-0.1, -0.05) is 13.8 Å². The Labute approximate surface area is 131 Å². The van der Waals surface area contributed by atoms with Gasteiger partial charge >= 0.3 is 13.7 Å². The second kappa shape index (κ2) is 9.12. The fourth-order valence-electron chi connectivity index (χ4n) is 1.44. The topological polar surface area (TPSA) is 117 Å². The average molecular weight is 338 g/mol. The van der Waals surface area contributed by atoms with Gasteiger partial charge in [0, 0.05) is 0 Å². The highest BCUT2D eigenvalue weighted by Gasteiger charge is 2.43. The molecule has 0 saturated carbocycles. The first kappa shape index (κ1) is 20.9. The van der Waals surface area contributed by atoms with Gasteiger partial charge < -0.3 is 19.5 Å². The number of carbonyl (C=O) groups is 2. The van der Waals surface area contributed by atoms with Gasteiger partial charge in [0.25, 0.3) is 5.91 Å². The Balaban J connectivity index is 5.17. The number of amides is 2. The van der Waals surface area contributed by atoms with E-state index in [1.54, 1.807) is 27.7 Å². The van der Waals surface area contributed by atoms with Crippen LogP contribution < -0.4 is 11.1 Å². The molecule has 0 aliphatic heterocycles. The van der Waals surface area contributed by atoms with Gasteiger partial charge in [-0.25, -0.2) is 4.79 Å². The van der Waals surface area contributed by atoms with Crippen LogP contribution in [0.15, 0.2) is 0 Å². The lowest BCUT2D eigenvalue weighted by Gasteiger charge is -2.28. The quantitative estimate of drug-likeness (QED) is 0.623. The van der Waals surface area contributed by atoms with Crippen molar-refractivity contribution in [1.82, 2.24) is 5.32 Å². The summed E-state index contributed by atoms with van der Waals surface area (Å²) < 4.78 is 28.3. The molecular weight excluding hydrogens is 311 g/mol. The molecule has 0 aromatic carbocycles. The molecule has 3 N–H and O–H groups in total. The maximum Gasteiger partial charge on any atom is 0.408 e. The third-order valence-electron chi connectivity index (χ3n) is 2.10. The van der Waals surface area contributed by atoms with Crippen molar-refractivity contribution in [2.45, 2.75) is 59.5 Å². The number of ether oxygens (including phenoxy) is 1. The summed E-state index contributed by atoms with van der Waals surface area (Å²) in [5.74, 6) is -2.52. The van der Waals surface area contributed by atoms with Crippen LogP contribution in [-0.4, -0.2) is 36.6 Å². The van der Waals surface area contributed by atoms with Gasteiger partial charge in [0.2, 0.25) is 5.78 Å². The van der Waals surface area contributed by atoms with E-state index in [0.29, 0.717) is 0 Å². The zero-order valence-corrected chi connectivity index (χ0v) is 14.9. The van der Waals surface area contributed by atoms with Crippen molar-refractivity contribution in [3.05, 3.63) is 0 Å². The lowest BCUT2D eigenvalue weighted by atomic mass is 10.2. The van der Waals surface area contributed by atoms with E-state index in [9.17, 15) is 14.2 Å². The van der Waals surface area contributed by atoms with Crippen LogP contribution in [0.25, 0.3) is 0 Å². The van der Waals surface area contributed by atoms with E-state index in [4.69, 9.17) is 19.5 Å². The van der Waals surface area contributed by atoms with E-state index in [0.717, 1.165) is 0 Å². The molecule has 0 radical (unpaired) electrons. The molecule has 1 unspecified atom stereocenters. The van der Waals surface area contributed by atoms with Crippen LogP contribution in [-0.2, 0) is 23.1 Å². The first-order valence-electron chi connectivity index (χ1n) is 7.17. The summed E-state index contributed by atoms with van der Waals surface area (Å²) in [5, 5.41) is 2.17. The summed E-state index contributed by atoms with van der Waals surface area (Å²) in [7, 11) is -3.99. The number of primary amides is 1. The molecule has 0 aliphatic rings. The third kappa shape index (κ3) is 7.77. The van der Waals surface area contributed by atoms with Gasteiger partial charge in [0.05, 0.1) is 18.8 Å². The molecule has 1 atom stereocenters. The summed E-state index contributed by atoms with van der Waals surface area (Å²) in [6.45, 7) is 10.4. The van der Waals surface area contributed by atoms with E-state index in [-0.39, 0.29) is 12.5 Å². The van der Waals surface area contributed by atoms with E-state index >= 15 is 0 Å². The molecule has 0 bridgehead atoms. The number of nitrogens with one attached hydrogen (secondary N) is 1. The molecule has 130 valence electrons. The van der Waals surface area contributed by atoms with E-state index in [2.05, 4.69) is 5.32 Å². The Kier molecular flexibility index (Phi) is 8.66. The Morgan fingerprint density at radius 1 is 1.05 bits per heavy atom. The molecule has 22 heavy (non-hydrogen) atoms. The van der Waals surface area contributed by atoms with E-state index in [1.807, 2.05) is 13.8 Å². The highest BCUT2D eigenvalue weighted by atomic mass is 31.2. The Morgan fingerprint density at radius 2 is 1.50 bits per heavy atom. The number of carbonyl (C=O) groups excluding carboxylic acids is 2. The van der Waals surface area contributed by atoms with Crippen LogP contribution in [0.2, 0.25) is 0 Å². The highest BCUT2D eigenvalue weighted by molar-refractivity contribution is 7.55. The van der Waals surface area contributed by atoms with Gasteiger partial charge in [-0.15, -0.1) is 0 Å². The first-order chi connectivity index (χ1) is 9.97. The molecule has 0 fully saturated rings. The number of rotatable bonds is 9. The standard InChI is InChI=1S/C13H27N2O6P/c1-8(2)7-19-13(17)15-12(11(14)16)22(18,20-9(3)4)21-10(5)6/h8-10,12H,7H2,1-6H3,(H2,14,16)(H,15,17). The first-order valence-corrected chi connectivity index (χ1v) is 8.78. The van der Waals surface area contributed by atoms with Gasteiger partial charge in [0.1, 0.15) is 0 Å². The van der Waals surface area contributed by atoms with Gasteiger partial charge in [-0.3, -0.25) is 14.7 Å². The van der Waals surface area contributed by atoms with Crippen molar-refractivity contribution in [2.75, 3.05) is 6.61 Å². The van der Waals surface area contributed by atoms with Gasteiger partial charge in [0.15, 0.2) is 0 Å². The number of alkyl carbamates (subject to hydrolysis) is 1. The van der Waals surface area contributed by atoms with Crippen molar-refractivity contribution in [2.24, 2.45) is 11.7 Å². The predicted molar refractivity (Wildman–Crippen MR) is 82.4 cm³/mol. The summed E-state index contributed by atoms with van der Waals surface area (Å²) in [6, 6.07) is 0. The summed E-state index contributed by atoms with van der Waals surface area (Å²) in [6.07, 6.45) is -1.88. The maximum atomic E-state index is 12.8. The Hall–Kier alpha value is -1.11. The van der Waals surface area contributed by atoms with Crippen molar-refractivity contribution in [3.8, 4) is 0 Å². The number of hydrogen-bond donors (Lipinski definition) is 2. The molecule has 0 aromatic rings. The van der Waals surface area contributed by atoms with Crippen molar-refractivity contribution >= 4 is 19.6 Å². The molecule has 0 aromatic heterocycles. The molecule has 0 saturated heterocycles. The molecule has 8 nitrogen and oxygen atoms in total. The van der Waals surface area contributed by atoms with Crippen LogP contribution in [0.5, 0.6) is 0 Å². The van der Waals surface area contributed by atoms with Gasteiger partial charge in [-0.2, -0.15) is 0 Å². The highest BCUT2D eigenvalue weighted by Crippen LogP contribution is 2.54. The molecule has 0 rings (SSSR count). The zero-order valence-electron chi connectivity index (χ0n) is 14.0. The van der Waals surface area contributed by atoms with Crippen molar-refractivity contribution in [1.29, 1.82) is 0 Å². The van der Waals surface area contributed by atoms with Crippen LogP contribution >= 0.6 is 7.60 Å². The normalized spacial score (nSPS) is 13.5. The fourth-order valence-corrected chi connectivity index (χ4v) is 3.48. The summed E-state index contributed by atoms with van der Waals surface area (Å²) in [4.78, 5) is 23.3. The van der Waals surface area contributed by atoms with Crippen LogP contribution in [0.4, 0.5) is 4.79 Å². The van der Waals surface area contributed by atoms with E-state index < -0.39 is 37.6 Å². The fraction of sp³-hybridized carbons (Fsp3) is 0.846. The SMILES string of the molecule is CC(C)COC(=O)NC(C(N)=O)P(=O)(OC(C)C)OC(C)C. The average Bonchev–Trinajstić information content (AvgIpc) is 2.30. The third-order valence-corrected chi connectivity index (χ3v) is 4.55. The van der Waals surface area contributed by atoms with Crippen LogP contribution in [0.1, 0.15) is 41.5 Å². The molecule has 0 spiro atoms. The number of hydrogen-bond acceptors (Lipinski definition) is 6. The van der Waals surface area contributed by atoms with Crippen molar-refractivity contribution < 1.29 is 27.9 Å². The minimum absolute atomic E-state index is 0.114. The summed E-state index contributed by atoms with van der Waals surface area (Å²) >= 11 is 0. The lowest BCUT2D eigenvalue weighted by Crippen LogP contribution is -2.46. The Morgan fingerprint density at radius 3 is 1.82 bits per heavy atom. The smallest absolute Gasteiger partial charge is 0.408 e. The minimum Gasteiger partial charge on any atom is -0.449 e. The monoisotopic (exact) mass is 338 g/mol.